The third-order valence-electron chi connectivity index (χ3n) is 3.92. The van der Waals surface area contributed by atoms with Gasteiger partial charge in [0.15, 0.2) is 0 Å². The number of esters is 1. The molecular weight excluding hydrogens is 382 g/mol. The molecule has 1 atom stereocenters. The number of carbonyl (C=O) groups excluding carboxylic acids is 2. The molecule has 6 nitrogen and oxygen atoms in total. The Kier molecular flexibility index (Phi) is 8.62. The Bertz CT molecular complexity index is 779. The first-order valence-corrected chi connectivity index (χ1v) is 9.37. The lowest BCUT2D eigenvalue weighted by molar-refractivity contribution is -0.143. The van der Waals surface area contributed by atoms with Gasteiger partial charge < -0.3 is 19.5 Å². The summed E-state index contributed by atoms with van der Waals surface area (Å²) in [6.07, 6.45) is 0.177. The number of carbonyl (C=O) groups is 2. The number of methoxy groups -OCH3 is 1. The fourth-order valence-electron chi connectivity index (χ4n) is 2.56. The summed E-state index contributed by atoms with van der Waals surface area (Å²) in [7, 11) is 1.56. The van der Waals surface area contributed by atoms with Crippen LogP contribution in [-0.2, 0) is 14.3 Å². The number of rotatable bonds is 10. The van der Waals surface area contributed by atoms with E-state index in [2.05, 4.69) is 5.32 Å². The van der Waals surface area contributed by atoms with E-state index in [1.807, 2.05) is 12.1 Å². The van der Waals surface area contributed by atoms with Crippen LogP contribution >= 0.6 is 11.6 Å². The van der Waals surface area contributed by atoms with Crippen molar-refractivity contribution in [3.8, 4) is 11.5 Å². The van der Waals surface area contributed by atoms with Crippen LogP contribution in [0.3, 0.4) is 0 Å². The molecule has 0 aliphatic rings. The molecule has 2 rings (SSSR count). The normalized spacial score (nSPS) is 11.4. The SMILES string of the molecule is CCOC(=O)CC(NC(=O)CCOc1ccc(Cl)cc1)c1cccc(OC)c1. The summed E-state index contributed by atoms with van der Waals surface area (Å²) < 4.78 is 15.8. The summed E-state index contributed by atoms with van der Waals surface area (Å²) in [6, 6.07) is 13.6. The Labute approximate surface area is 169 Å². The van der Waals surface area contributed by atoms with Crippen LogP contribution < -0.4 is 14.8 Å². The van der Waals surface area contributed by atoms with Gasteiger partial charge in [0.1, 0.15) is 11.5 Å². The maximum Gasteiger partial charge on any atom is 0.308 e. The fraction of sp³-hybridized carbons (Fsp3) is 0.333. The zero-order chi connectivity index (χ0) is 20.4. The Morgan fingerprint density at radius 3 is 2.54 bits per heavy atom. The van der Waals surface area contributed by atoms with E-state index >= 15 is 0 Å². The van der Waals surface area contributed by atoms with Gasteiger partial charge in [0, 0.05) is 5.02 Å². The first-order valence-electron chi connectivity index (χ1n) is 8.99. The minimum atomic E-state index is -0.516. The second-order valence-corrected chi connectivity index (χ2v) is 6.39. The van der Waals surface area contributed by atoms with Crippen LogP contribution in [0.4, 0.5) is 0 Å². The highest BCUT2D eigenvalue weighted by molar-refractivity contribution is 6.30. The number of hydrogen-bond acceptors (Lipinski definition) is 5. The lowest BCUT2D eigenvalue weighted by atomic mass is 10.0. The van der Waals surface area contributed by atoms with Crippen LogP contribution in [0.2, 0.25) is 5.02 Å². The molecule has 0 aromatic heterocycles. The summed E-state index contributed by atoms with van der Waals surface area (Å²) in [5, 5.41) is 3.49. The number of benzene rings is 2. The van der Waals surface area contributed by atoms with Crippen LogP contribution in [0.1, 0.15) is 31.4 Å². The van der Waals surface area contributed by atoms with Crippen LogP contribution in [0.5, 0.6) is 11.5 Å². The number of ether oxygens (including phenoxy) is 3. The second-order valence-electron chi connectivity index (χ2n) is 5.96. The monoisotopic (exact) mass is 405 g/mol. The van der Waals surface area contributed by atoms with Crippen molar-refractivity contribution in [2.45, 2.75) is 25.8 Å². The minimum Gasteiger partial charge on any atom is -0.497 e. The van der Waals surface area contributed by atoms with Crippen LogP contribution in [0.15, 0.2) is 48.5 Å². The van der Waals surface area contributed by atoms with Crippen molar-refractivity contribution in [3.63, 3.8) is 0 Å². The number of halogens is 1. The number of amides is 1. The molecule has 0 spiro atoms. The predicted molar refractivity (Wildman–Crippen MR) is 107 cm³/mol. The Hall–Kier alpha value is -2.73. The molecule has 28 heavy (non-hydrogen) atoms. The molecule has 2 aromatic carbocycles. The quantitative estimate of drug-likeness (QED) is 0.606. The smallest absolute Gasteiger partial charge is 0.308 e. The minimum absolute atomic E-state index is 0.0325. The van der Waals surface area contributed by atoms with Crippen molar-refractivity contribution in [2.75, 3.05) is 20.3 Å². The second kappa shape index (κ2) is 11.2. The van der Waals surface area contributed by atoms with Gasteiger partial charge in [0.2, 0.25) is 5.91 Å². The summed E-state index contributed by atoms with van der Waals surface area (Å²) >= 11 is 5.83. The topological polar surface area (TPSA) is 73.9 Å². The van der Waals surface area contributed by atoms with E-state index in [0.29, 0.717) is 16.5 Å². The molecule has 2 aromatic rings. The Morgan fingerprint density at radius 2 is 1.86 bits per heavy atom. The highest BCUT2D eigenvalue weighted by atomic mass is 35.5. The van der Waals surface area contributed by atoms with Crippen LogP contribution in [-0.4, -0.2) is 32.2 Å². The number of hydrogen-bond donors (Lipinski definition) is 1. The van der Waals surface area contributed by atoms with E-state index in [0.717, 1.165) is 5.56 Å². The van der Waals surface area contributed by atoms with E-state index in [-0.39, 0.29) is 37.9 Å². The largest absolute Gasteiger partial charge is 0.497 e. The number of nitrogens with one attached hydrogen (secondary N) is 1. The molecule has 0 saturated heterocycles. The highest BCUT2D eigenvalue weighted by Gasteiger charge is 2.20. The first-order chi connectivity index (χ1) is 13.5. The van der Waals surface area contributed by atoms with E-state index in [9.17, 15) is 9.59 Å². The molecule has 1 unspecified atom stereocenters. The van der Waals surface area contributed by atoms with Crippen LogP contribution in [0, 0.1) is 0 Å². The average Bonchev–Trinajstić information content (AvgIpc) is 2.69. The molecule has 0 aliphatic carbocycles. The van der Waals surface area contributed by atoms with Crippen molar-refractivity contribution < 1.29 is 23.8 Å². The summed E-state index contributed by atoms with van der Waals surface area (Å²) in [6.45, 7) is 2.23. The van der Waals surface area contributed by atoms with Gasteiger partial charge in [0.05, 0.1) is 39.2 Å². The molecule has 0 heterocycles. The maximum absolute atomic E-state index is 12.4. The molecule has 7 heteroatoms. The molecule has 0 radical (unpaired) electrons. The van der Waals surface area contributed by atoms with Gasteiger partial charge in [-0.05, 0) is 48.9 Å². The van der Waals surface area contributed by atoms with Gasteiger partial charge in [-0.2, -0.15) is 0 Å². The average molecular weight is 406 g/mol. The Morgan fingerprint density at radius 1 is 1.11 bits per heavy atom. The zero-order valence-electron chi connectivity index (χ0n) is 15.9. The Balaban J connectivity index is 1.96. The van der Waals surface area contributed by atoms with Gasteiger partial charge in [-0.3, -0.25) is 9.59 Å². The van der Waals surface area contributed by atoms with Crippen LogP contribution in [0.25, 0.3) is 0 Å². The van der Waals surface area contributed by atoms with Crippen molar-refractivity contribution in [2.24, 2.45) is 0 Å². The maximum atomic E-state index is 12.4. The first kappa shape index (κ1) is 21.6. The molecule has 0 saturated carbocycles. The van der Waals surface area contributed by atoms with Crippen molar-refractivity contribution in [1.82, 2.24) is 5.32 Å². The van der Waals surface area contributed by atoms with Gasteiger partial charge in [-0.15, -0.1) is 0 Å². The lowest BCUT2D eigenvalue weighted by Crippen LogP contribution is -2.31. The van der Waals surface area contributed by atoms with Gasteiger partial charge >= 0.3 is 5.97 Å². The van der Waals surface area contributed by atoms with Crippen molar-refractivity contribution in [1.29, 1.82) is 0 Å². The van der Waals surface area contributed by atoms with Gasteiger partial charge in [-0.25, -0.2) is 0 Å². The van der Waals surface area contributed by atoms with Gasteiger partial charge in [-0.1, -0.05) is 23.7 Å². The standard InChI is InChI=1S/C21H24ClNO5/c1-3-27-21(25)14-19(15-5-4-6-18(13-15)26-2)23-20(24)11-12-28-17-9-7-16(22)8-10-17/h4-10,13,19H,3,11-12,14H2,1-2H3,(H,23,24). The van der Waals surface area contributed by atoms with Gasteiger partial charge in [0.25, 0.3) is 0 Å². The van der Waals surface area contributed by atoms with E-state index in [1.165, 1.54) is 0 Å². The molecular formula is C21H24ClNO5. The lowest BCUT2D eigenvalue weighted by Gasteiger charge is -2.19. The third kappa shape index (κ3) is 7.12. The summed E-state index contributed by atoms with van der Waals surface area (Å²) in [4.78, 5) is 24.3. The van der Waals surface area contributed by atoms with E-state index in [4.69, 9.17) is 25.8 Å². The van der Waals surface area contributed by atoms with Crippen molar-refractivity contribution in [3.05, 3.63) is 59.1 Å². The fourth-order valence-corrected chi connectivity index (χ4v) is 2.68. The van der Waals surface area contributed by atoms with E-state index in [1.54, 1.807) is 50.4 Å². The molecule has 0 bridgehead atoms. The zero-order valence-corrected chi connectivity index (χ0v) is 16.7. The molecule has 1 amide bonds. The van der Waals surface area contributed by atoms with Crippen molar-refractivity contribution >= 4 is 23.5 Å². The summed E-state index contributed by atoms with van der Waals surface area (Å²) in [5.74, 6) is 0.666. The highest BCUT2D eigenvalue weighted by Crippen LogP contribution is 2.22. The molecule has 150 valence electrons. The predicted octanol–water partition coefficient (Wildman–Crippen LogP) is 3.93. The van der Waals surface area contributed by atoms with E-state index < -0.39 is 6.04 Å². The molecule has 0 aliphatic heterocycles. The molecule has 0 fully saturated rings. The third-order valence-corrected chi connectivity index (χ3v) is 4.17. The molecule has 1 N–H and O–H groups in total. The summed E-state index contributed by atoms with van der Waals surface area (Å²) in [5.41, 5.74) is 0.763.